The molecular weight excluding hydrogens is 274 g/mol. The van der Waals surface area contributed by atoms with Crippen LogP contribution in [0.5, 0.6) is 0 Å². The third-order valence-corrected chi connectivity index (χ3v) is 3.69. The summed E-state index contributed by atoms with van der Waals surface area (Å²) in [7, 11) is 0. The van der Waals surface area contributed by atoms with Gasteiger partial charge in [-0.25, -0.2) is 4.79 Å². The number of primary amides is 1. The van der Waals surface area contributed by atoms with Gasteiger partial charge in [-0.2, -0.15) is 0 Å². The Morgan fingerprint density at radius 2 is 2.05 bits per heavy atom. The van der Waals surface area contributed by atoms with Crippen LogP contribution in [0.15, 0.2) is 0 Å². The number of carboxylic acids is 1. The molecule has 0 radical (unpaired) electrons. The molecule has 0 aliphatic carbocycles. The highest BCUT2D eigenvalue weighted by atomic mass is 16.4. The molecule has 21 heavy (non-hydrogen) atoms. The minimum atomic E-state index is -0.812. The Kier molecular flexibility index (Phi) is 6.45. The monoisotopic (exact) mass is 299 g/mol. The van der Waals surface area contributed by atoms with Gasteiger partial charge in [0.05, 0.1) is 0 Å². The van der Waals surface area contributed by atoms with E-state index < -0.39 is 18.0 Å². The Labute approximate surface area is 124 Å². The molecule has 1 fully saturated rings. The Morgan fingerprint density at radius 1 is 1.38 bits per heavy atom. The molecule has 1 aliphatic rings. The van der Waals surface area contributed by atoms with E-state index in [4.69, 9.17) is 10.8 Å². The van der Waals surface area contributed by atoms with Crippen LogP contribution in [-0.2, 0) is 9.59 Å². The summed E-state index contributed by atoms with van der Waals surface area (Å²) in [6.45, 7) is 5.12. The summed E-state index contributed by atoms with van der Waals surface area (Å²) in [6.07, 6.45) is 2.06. The molecule has 0 saturated carbocycles. The highest BCUT2D eigenvalue weighted by Crippen LogP contribution is 2.22. The second-order valence-corrected chi connectivity index (χ2v) is 6.06. The predicted molar refractivity (Wildman–Crippen MR) is 77.5 cm³/mol. The maximum atomic E-state index is 12.4. The van der Waals surface area contributed by atoms with E-state index in [2.05, 4.69) is 5.32 Å². The summed E-state index contributed by atoms with van der Waals surface area (Å²) < 4.78 is 0. The van der Waals surface area contributed by atoms with Crippen LogP contribution in [0.25, 0.3) is 0 Å². The number of nitrogens with one attached hydrogen (secondary N) is 1. The number of nitrogens with two attached hydrogens (primary N) is 1. The lowest BCUT2D eigenvalue weighted by Gasteiger charge is -2.25. The van der Waals surface area contributed by atoms with Crippen molar-refractivity contribution in [3.8, 4) is 0 Å². The molecule has 1 aliphatic heterocycles. The molecule has 2 atom stereocenters. The first-order chi connectivity index (χ1) is 9.79. The summed E-state index contributed by atoms with van der Waals surface area (Å²) in [5.41, 5.74) is 5.13. The molecular formula is C14H25N3O4. The van der Waals surface area contributed by atoms with E-state index in [1.165, 1.54) is 0 Å². The minimum Gasteiger partial charge on any atom is -0.481 e. The number of carbonyl (C=O) groups excluding carboxylic acids is 2. The fourth-order valence-electron chi connectivity index (χ4n) is 2.68. The number of amides is 3. The maximum absolute atomic E-state index is 12.4. The molecule has 4 N–H and O–H groups in total. The van der Waals surface area contributed by atoms with Gasteiger partial charge in [-0.15, -0.1) is 0 Å². The summed E-state index contributed by atoms with van der Waals surface area (Å²) in [6, 6.07) is -1.30. The number of urea groups is 1. The van der Waals surface area contributed by atoms with E-state index in [0.717, 1.165) is 6.42 Å². The molecule has 0 spiro atoms. The van der Waals surface area contributed by atoms with Crippen molar-refractivity contribution in [3.63, 3.8) is 0 Å². The highest BCUT2D eigenvalue weighted by molar-refractivity contribution is 5.86. The second-order valence-electron chi connectivity index (χ2n) is 6.06. The smallest absolute Gasteiger partial charge is 0.312 e. The van der Waals surface area contributed by atoms with Gasteiger partial charge in [-0.1, -0.05) is 13.8 Å². The van der Waals surface area contributed by atoms with Crippen molar-refractivity contribution in [2.75, 3.05) is 13.1 Å². The van der Waals surface area contributed by atoms with Crippen molar-refractivity contribution in [1.82, 2.24) is 10.2 Å². The first kappa shape index (κ1) is 17.3. The Hall–Kier alpha value is -1.79. The Balaban J connectivity index is 2.55. The molecule has 3 amide bonds. The predicted octanol–water partition coefficient (Wildman–Crippen LogP) is 0.783. The quantitative estimate of drug-likeness (QED) is 0.644. The number of carboxylic acid groups (broad SMARTS) is 1. The summed E-state index contributed by atoms with van der Waals surface area (Å²) in [5.74, 6) is -0.456. The number of hydrogen-bond acceptors (Lipinski definition) is 3. The molecule has 2 unspecified atom stereocenters. The zero-order chi connectivity index (χ0) is 16.0. The van der Waals surface area contributed by atoms with E-state index in [9.17, 15) is 14.4 Å². The first-order valence-electron chi connectivity index (χ1n) is 7.36. The molecule has 7 nitrogen and oxygen atoms in total. The van der Waals surface area contributed by atoms with Gasteiger partial charge in [0.25, 0.3) is 0 Å². The van der Waals surface area contributed by atoms with Gasteiger partial charge >= 0.3 is 12.0 Å². The van der Waals surface area contributed by atoms with Crippen molar-refractivity contribution in [1.29, 1.82) is 0 Å². The maximum Gasteiger partial charge on any atom is 0.312 e. The first-order valence-corrected chi connectivity index (χ1v) is 7.36. The van der Waals surface area contributed by atoms with Crippen LogP contribution in [0, 0.1) is 11.8 Å². The number of carbonyl (C=O) groups is 3. The highest BCUT2D eigenvalue weighted by Gasteiger charge is 2.31. The van der Waals surface area contributed by atoms with Gasteiger partial charge in [0.15, 0.2) is 0 Å². The number of rotatable bonds is 7. The van der Waals surface area contributed by atoms with E-state index >= 15 is 0 Å². The molecule has 7 heteroatoms. The van der Waals surface area contributed by atoms with Crippen LogP contribution < -0.4 is 11.1 Å². The van der Waals surface area contributed by atoms with Gasteiger partial charge in [-0.05, 0) is 31.1 Å². The van der Waals surface area contributed by atoms with Gasteiger partial charge in [0.1, 0.15) is 6.04 Å². The topological polar surface area (TPSA) is 113 Å². The lowest BCUT2D eigenvalue weighted by molar-refractivity contribution is -0.137. The average molecular weight is 299 g/mol. The van der Waals surface area contributed by atoms with Crippen molar-refractivity contribution < 1.29 is 19.5 Å². The normalized spacial score (nSPS) is 19.6. The second kappa shape index (κ2) is 7.85. The molecule has 1 heterocycles. The van der Waals surface area contributed by atoms with Crippen LogP contribution >= 0.6 is 0 Å². The largest absolute Gasteiger partial charge is 0.481 e. The summed E-state index contributed by atoms with van der Waals surface area (Å²) >= 11 is 0. The number of aliphatic carboxylic acids is 1. The Morgan fingerprint density at radius 3 is 2.57 bits per heavy atom. The average Bonchev–Trinajstić information content (AvgIpc) is 2.82. The van der Waals surface area contributed by atoms with Crippen LogP contribution in [0.4, 0.5) is 4.79 Å². The van der Waals surface area contributed by atoms with Gasteiger partial charge < -0.3 is 21.1 Å². The number of nitrogens with zero attached hydrogens (tertiary/aromatic N) is 1. The van der Waals surface area contributed by atoms with E-state index in [0.29, 0.717) is 25.9 Å². The molecule has 0 aromatic rings. The third kappa shape index (κ3) is 6.01. The summed E-state index contributed by atoms with van der Waals surface area (Å²) in [4.78, 5) is 35.8. The van der Waals surface area contributed by atoms with Crippen LogP contribution in [0.2, 0.25) is 0 Å². The minimum absolute atomic E-state index is 0.125. The van der Waals surface area contributed by atoms with Gasteiger partial charge in [0, 0.05) is 19.5 Å². The third-order valence-electron chi connectivity index (χ3n) is 3.69. The Bertz CT molecular complexity index is 398. The van der Waals surface area contributed by atoms with Crippen molar-refractivity contribution in [2.45, 2.75) is 45.6 Å². The van der Waals surface area contributed by atoms with E-state index in [1.54, 1.807) is 4.90 Å². The zero-order valence-corrected chi connectivity index (χ0v) is 12.7. The molecule has 1 rings (SSSR count). The van der Waals surface area contributed by atoms with Crippen LogP contribution in [0.3, 0.4) is 0 Å². The molecule has 0 aromatic carbocycles. The lowest BCUT2D eigenvalue weighted by atomic mass is 10.0. The fourth-order valence-corrected chi connectivity index (χ4v) is 2.68. The molecule has 0 aromatic heterocycles. The molecule has 1 saturated heterocycles. The van der Waals surface area contributed by atoms with Crippen molar-refractivity contribution in [2.24, 2.45) is 17.6 Å². The fraction of sp³-hybridized carbons (Fsp3) is 0.786. The molecule has 120 valence electrons. The van der Waals surface area contributed by atoms with E-state index in [-0.39, 0.29) is 24.2 Å². The van der Waals surface area contributed by atoms with Crippen molar-refractivity contribution >= 4 is 17.9 Å². The SMILES string of the molecule is CC(C)CC(NC(N)=O)C(=O)N1CCC(CCC(=O)O)C1. The lowest BCUT2D eigenvalue weighted by Crippen LogP contribution is -2.50. The summed E-state index contributed by atoms with van der Waals surface area (Å²) in [5, 5.41) is 11.2. The van der Waals surface area contributed by atoms with Gasteiger partial charge in [0.2, 0.25) is 5.91 Å². The van der Waals surface area contributed by atoms with Crippen LogP contribution in [0.1, 0.15) is 39.5 Å². The van der Waals surface area contributed by atoms with Crippen LogP contribution in [-0.4, -0.2) is 47.0 Å². The number of hydrogen-bond donors (Lipinski definition) is 3. The standard InChI is InChI=1S/C14H25N3O4/c1-9(2)7-11(16-14(15)21)13(20)17-6-5-10(8-17)3-4-12(18)19/h9-11H,3-8H2,1-2H3,(H,18,19)(H3,15,16,21). The van der Waals surface area contributed by atoms with Crippen molar-refractivity contribution in [3.05, 3.63) is 0 Å². The molecule has 0 bridgehead atoms. The zero-order valence-electron chi connectivity index (χ0n) is 12.7. The van der Waals surface area contributed by atoms with Gasteiger partial charge in [-0.3, -0.25) is 9.59 Å². The van der Waals surface area contributed by atoms with E-state index in [1.807, 2.05) is 13.8 Å². The number of likely N-dealkylation sites (tertiary alicyclic amines) is 1.